The lowest BCUT2D eigenvalue weighted by atomic mass is 10.1. The molecule has 0 bridgehead atoms. The van der Waals surface area contributed by atoms with E-state index in [4.69, 9.17) is 9.63 Å². The number of aryl methyl sites for hydroxylation is 1. The van der Waals surface area contributed by atoms with Crippen LogP contribution < -0.4 is 5.32 Å². The van der Waals surface area contributed by atoms with E-state index < -0.39 is 0 Å². The molecule has 0 aliphatic rings. The molecule has 0 aliphatic heterocycles. The number of benzene rings is 1. The molecule has 0 unspecified atom stereocenters. The van der Waals surface area contributed by atoms with Crippen LogP contribution in [0.2, 0.25) is 0 Å². The van der Waals surface area contributed by atoms with E-state index in [0.717, 1.165) is 11.1 Å². The Balaban J connectivity index is 2.17. The smallest absolute Gasteiger partial charge is 0.294 e. The van der Waals surface area contributed by atoms with Crippen molar-refractivity contribution in [2.75, 3.05) is 11.9 Å². The maximum absolute atomic E-state index is 11.9. The van der Waals surface area contributed by atoms with Gasteiger partial charge in [-0.25, -0.2) is 0 Å². The standard InChI is InChI=1S/C15H14N2O3/c1-11-5-6-12(4-2-3-9-18)10-13(11)17-15(19)14-7-8-16-20-14/h5-8,10,18H,3,9H2,1H3,(H,17,19). The number of aromatic nitrogens is 1. The average molecular weight is 270 g/mol. The number of carbonyl (C=O) groups is 1. The zero-order valence-electron chi connectivity index (χ0n) is 11.0. The van der Waals surface area contributed by atoms with Gasteiger partial charge in [-0.3, -0.25) is 4.79 Å². The molecule has 20 heavy (non-hydrogen) atoms. The maximum Gasteiger partial charge on any atom is 0.294 e. The molecule has 0 radical (unpaired) electrons. The van der Waals surface area contributed by atoms with Crippen LogP contribution in [0.4, 0.5) is 5.69 Å². The Hall–Kier alpha value is -2.58. The van der Waals surface area contributed by atoms with Crippen molar-refractivity contribution in [3.05, 3.63) is 47.3 Å². The summed E-state index contributed by atoms with van der Waals surface area (Å²) in [5.74, 6) is 5.56. The molecule has 102 valence electrons. The summed E-state index contributed by atoms with van der Waals surface area (Å²) in [4.78, 5) is 11.9. The fourth-order valence-electron chi connectivity index (χ4n) is 1.57. The van der Waals surface area contributed by atoms with Crippen molar-refractivity contribution < 1.29 is 14.4 Å². The molecule has 0 aliphatic carbocycles. The maximum atomic E-state index is 11.9. The minimum absolute atomic E-state index is 0.0357. The molecule has 0 atom stereocenters. The van der Waals surface area contributed by atoms with Crippen LogP contribution >= 0.6 is 0 Å². The number of anilines is 1. The van der Waals surface area contributed by atoms with E-state index in [1.54, 1.807) is 6.07 Å². The molecule has 1 heterocycles. The molecule has 5 heteroatoms. The Labute approximate surface area is 116 Å². The lowest BCUT2D eigenvalue weighted by molar-refractivity contribution is 0.0988. The first-order valence-electron chi connectivity index (χ1n) is 6.13. The van der Waals surface area contributed by atoms with Crippen LogP contribution in [0.5, 0.6) is 0 Å². The Morgan fingerprint density at radius 3 is 3.00 bits per heavy atom. The van der Waals surface area contributed by atoms with E-state index in [9.17, 15) is 4.79 Å². The SMILES string of the molecule is Cc1ccc(C#CCCO)cc1NC(=O)c1ccno1. The van der Waals surface area contributed by atoms with Crippen LogP contribution in [0.15, 0.2) is 35.0 Å². The number of aliphatic hydroxyl groups excluding tert-OH is 1. The van der Waals surface area contributed by atoms with Crippen LogP contribution in [-0.2, 0) is 0 Å². The molecule has 1 aromatic heterocycles. The minimum Gasteiger partial charge on any atom is -0.395 e. The van der Waals surface area contributed by atoms with Crippen molar-refractivity contribution in [1.82, 2.24) is 5.16 Å². The molecular weight excluding hydrogens is 256 g/mol. The third-order valence-electron chi connectivity index (χ3n) is 2.62. The van der Waals surface area contributed by atoms with E-state index in [0.29, 0.717) is 12.1 Å². The van der Waals surface area contributed by atoms with Gasteiger partial charge in [-0.2, -0.15) is 0 Å². The van der Waals surface area contributed by atoms with Crippen molar-refractivity contribution in [2.45, 2.75) is 13.3 Å². The number of carbonyl (C=O) groups excluding carboxylic acids is 1. The molecular formula is C15H14N2O3. The highest BCUT2D eigenvalue weighted by atomic mass is 16.5. The van der Waals surface area contributed by atoms with Crippen molar-refractivity contribution in [1.29, 1.82) is 0 Å². The molecule has 0 saturated carbocycles. The molecule has 0 saturated heterocycles. The van der Waals surface area contributed by atoms with Gasteiger partial charge in [-0.15, -0.1) is 0 Å². The molecule has 2 rings (SSSR count). The van der Waals surface area contributed by atoms with Gasteiger partial charge in [0.05, 0.1) is 12.8 Å². The first-order chi connectivity index (χ1) is 9.70. The molecule has 0 fully saturated rings. The molecule has 2 aromatic rings. The number of aliphatic hydroxyl groups is 1. The molecule has 1 aromatic carbocycles. The van der Waals surface area contributed by atoms with Gasteiger partial charge in [-0.05, 0) is 24.6 Å². The Bertz CT molecular complexity index is 651. The number of rotatable bonds is 3. The summed E-state index contributed by atoms with van der Waals surface area (Å²) in [6.07, 6.45) is 1.84. The van der Waals surface area contributed by atoms with Gasteiger partial charge < -0.3 is 14.9 Å². The van der Waals surface area contributed by atoms with E-state index >= 15 is 0 Å². The first-order valence-corrected chi connectivity index (χ1v) is 6.13. The summed E-state index contributed by atoms with van der Waals surface area (Å²) in [5.41, 5.74) is 2.37. The largest absolute Gasteiger partial charge is 0.395 e. The fraction of sp³-hybridized carbons (Fsp3) is 0.200. The highest BCUT2D eigenvalue weighted by Gasteiger charge is 2.11. The lowest BCUT2D eigenvalue weighted by Crippen LogP contribution is -2.12. The van der Waals surface area contributed by atoms with Crippen LogP contribution in [-0.4, -0.2) is 22.8 Å². The van der Waals surface area contributed by atoms with Crippen molar-refractivity contribution in [3.63, 3.8) is 0 Å². The van der Waals surface area contributed by atoms with Gasteiger partial charge in [0.15, 0.2) is 0 Å². The topological polar surface area (TPSA) is 75.4 Å². The third kappa shape index (κ3) is 3.46. The Morgan fingerprint density at radius 1 is 1.45 bits per heavy atom. The zero-order valence-corrected chi connectivity index (χ0v) is 11.0. The summed E-state index contributed by atoms with van der Waals surface area (Å²) in [5, 5.41) is 14.9. The van der Waals surface area contributed by atoms with Gasteiger partial charge in [0, 0.05) is 23.7 Å². The van der Waals surface area contributed by atoms with Crippen molar-refractivity contribution in [3.8, 4) is 11.8 Å². The summed E-state index contributed by atoms with van der Waals surface area (Å²) >= 11 is 0. The summed E-state index contributed by atoms with van der Waals surface area (Å²) in [6.45, 7) is 1.93. The predicted octanol–water partition coefficient (Wildman–Crippen LogP) is 1.97. The van der Waals surface area contributed by atoms with Gasteiger partial charge in [0.2, 0.25) is 5.76 Å². The van der Waals surface area contributed by atoms with Crippen LogP contribution in [0.25, 0.3) is 0 Å². The first kappa shape index (κ1) is 13.8. The van der Waals surface area contributed by atoms with E-state index in [1.165, 1.54) is 12.3 Å². The second-order valence-electron chi connectivity index (χ2n) is 4.14. The minimum atomic E-state index is -0.355. The predicted molar refractivity (Wildman–Crippen MR) is 74.2 cm³/mol. The van der Waals surface area contributed by atoms with Gasteiger partial charge >= 0.3 is 0 Å². The van der Waals surface area contributed by atoms with Gasteiger partial charge in [0.1, 0.15) is 0 Å². The van der Waals surface area contributed by atoms with Crippen molar-refractivity contribution in [2.24, 2.45) is 0 Å². The molecule has 0 spiro atoms. The number of hydrogen-bond donors (Lipinski definition) is 2. The quantitative estimate of drug-likeness (QED) is 0.836. The number of nitrogens with one attached hydrogen (secondary N) is 1. The van der Waals surface area contributed by atoms with E-state index in [1.807, 2.05) is 19.1 Å². The Kier molecular flexibility index (Phi) is 4.53. The summed E-state index contributed by atoms with van der Waals surface area (Å²) < 4.78 is 4.80. The monoisotopic (exact) mass is 270 g/mol. The summed E-state index contributed by atoms with van der Waals surface area (Å²) in [7, 11) is 0. The second-order valence-corrected chi connectivity index (χ2v) is 4.14. The summed E-state index contributed by atoms with van der Waals surface area (Å²) in [6, 6.07) is 7.02. The lowest BCUT2D eigenvalue weighted by Gasteiger charge is -2.07. The normalized spacial score (nSPS) is 9.70. The van der Waals surface area contributed by atoms with Crippen LogP contribution in [0.1, 0.15) is 28.1 Å². The van der Waals surface area contributed by atoms with Crippen LogP contribution in [0.3, 0.4) is 0 Å². The average Bonchev–Trinajstić information content (AvgIpc) is 2.97. The van der Waals surface area contributed by atoms with Gasteiger partial charge in [-0.1, -0.05) is 23.1 Å². The van der Waals surface area contributed by atoms with Gasteiger partial charge in [0.25, 0.3) is 5.91 Å². The third-order valence-corrected chi connectivity index (χ3v) is 2.62. The highest BCUT2D eigenvalue weighted by Crippen LogP contribution is 2.17. The zero-order chi connectivity index (χ0) is 14.4. The number of amides is 1. The highest BCUT2D eigenvalue weighted by molar-refractivity contribution is 6.02. The molecule has 5 nitrogen and oxygen atoms in total. The van der Waals surface area contributed by atoms with Crippen LogP contribution in [0, 0.1) is 18.8 Å². The molecule has 1 amide bonds. The number of nitrogens with zero attached hydrogens (tertiary/aromatic N) is 1. The van der Waals surface area contributed by atoms with E-state index in [2.05, 4.69) is 22.3 Å². The van der Waals surface area contributed by atoms with E-state index in [-0.39, 0.29) is 18.3 Å². The Morgan fingerprint density at radius 2 is 2.30 bits per heavy atom. The molecule has 2 N–H and O–H groups in total. The second kappa shape index (κ2) is 6.55. The fourth-order valence-corrected chi connectivity index (χ4v) is 1.57. The number of hydrogen-bond acceptors (Lipinski definition) is 4. The van der Waals surface area contributed by atoms with Crippen molar-refractivity contribution >= 4 is 11.6 Å².